The molecule has 0 fully saturated rings. The maximum Gasteiger partial charge on any atom is 0.337 e. The van der Waals surface area contributed by atoms with Gasteiger partial charge >= 0.3 is 5.69 Å². The topological polar surface area (TPSA) is 93.6 Å². The number of benzene rings is 1. The molecule has 0 aliphatic heterocycles. The van der Waals surface area contributed by atoms with E-state index in [1.807, 2.05) is 0 Å². The third-order valence-corrected chi connectivity index (χ3v) is 4.58. The summed E-state index contributed by atoms with van der Waals surface area (Å²) in [6.07, 6.45) is 3.15. The zero-order valence-corrected chi connectivity index (χ0v) is 15.0. The zero-order chi connectivity index (χ0) is 19.7. The van der Waals surface area contributed by atoms with Gasteiger partial charge in [0.15, 0.2) is 5.65 Å². The molecule has 0 amide bonds. The average Bonchev–Trinajstić information content (AvgIpc) is 2.74. The van der Waals surface area contributed by atoms with Crippen LogP contribution in [-0.2, 0) is 0 Å². The maximum atomic E-state index is 13.4. The van der Waals surface area contributed by atoms with Crippen LogP contribution in [0.15, 0.2) is 76.6 Å². The Balaban J connectivity index is 2.09. The number of aromatic nitrogens is 4. The minimum atomic E-state index is -0.573. The number of hydrogen-bond donors (Lipinski definition) is 0. The van der Waals surface area contributed by atoms with Crippen molar-refractivity contribution < 1.29 is 0 Å². The lowest BCUT2D eigenvalue weighted by Crippen LogP contribution is -2.42. The molecule has 1 atom stereocenters. The second-order valence-corrected chi connectivity index (χ2v) is 6.26. The number of nitrogens with zero attached hydrogens (tertiary/aromatic N) is 5. The highest BCUT2D eigenvalue weighted by Gasteiger charge is 2.20. The zero-order valence-electron chi connectivity index (χ0n) is 15.0. The van der Waals surface area contributed by atoms with Crippen molar-refractivity contribution >= 4 is 11.0 Å². The van der Waals surface area contributed by atoms with E-state index in [0.717, 1.165) is 0 Å². The van der Waals surface area contributed by atoms with Crippen molar-refractivity contribution in [3.8, 4) is 11.8 Å². The van der Waals surface area contributed by atoms with Crippen LogP contribution in [0.1, 0.15) is 24.2 Å². The van der Waals surface area contributed by atoms with Crippen molar-refractivity contribution in [1.82, 2.24) is 19.1 Å². The van der Waals surface area contributed by atoms with Crippen LogP contribution in [0.5, 0.6) is 0 Å². The van der Waals surface area contributed by atoms with E-state index in [9.17, 15) is 14.9 Å². The first-order valence-electron chi connectivity index (χ1n) is 8.65. The minimum absolute atomic E-state index is 0.247. The molecule has 0 radical (unpaired) electrons. The third-order valence-electron chi connectivity index (χ3n) is 4.58. The predicted molar refractivity (Wildman–Crippen MR) is 104 cm³/mol. The molecule has 0 bridgehead atoms. The van der Waals surface area contributed by atoms with Crippen molar-refractivity contribution in [2.45, 2.75) is 13.0 Å². The summed E-state index contributed by atoms with van der Waals surface area (Å²) in [7, 11) is 0. The van der Waals surface area contributed by atoms with Gasteiger partial charge in [-0.25, -0.2) is 14.3 Å². The molecule has 7 nitrogen and oxygen atoms in total. The molecule has 3 aromatic heterocycles. The molecule has 28 heavy (non-hydrogen) atoms. The van der Waals surface area contributed by atoms with E-state index < -0.39 is 17.3 Å². The highest BCUT2D eigenvalue weighted by Crippen LogP contribution is 2.16. The minimum Gasteiger partial charge on any atom is -0.268 e. The largest absolute Gasteiger partial charge is 0.337 e. The Kier molecular flexibility index (Phi) is 4.30. The SMILES string of the molecule is CC(c1ccccn1)n1c(=O)c2cccnc2n(-c2cccc(C#N)c2)c1=O. The van der Waals surface area contributed by atoms with Crippen LogP contribution >= 0.6 is 0 Å². The Morgan fingerprint density at radius 1 is 1.00 bits per heavy atom. The normalized spacial score (nSPS) is 11.9. The summed E-state index contributed by atoms with van der Waals surface area (Å²) in [5.74, 6) is 0. The van der Waals surface area contributed by atoms with E-state index in [1.165, 1.54) is 15.3 Å². The van der Waals surface area contributed by atoms with Gasteiger partial charge in [0.05, 0.1) is 34.4 Å². The average molecular weight is 369 g/mol. The van der Waals surface area contributed by atoms with E-state index in [4.69, 9.17) is 0 Å². The Morgan fingerprint density at radius 2 is 1.82 bits per heavy atom. The molecule has 4 rings (SSSR count). The van der Waals surface area contributed by atoms with Crippen LogP contribution in [0.25, 0.3) is 16.7 Å². The van der Waals surface area contributed by atoms with Crippen molar-refractivity contribution in [3.63, 3.8) is 0 Å². The predicted octanol–water partition coefficient (Wildman–Crippen LogP) is 2.42. The van der Waals surface area contributed by atoms with Crippen LogP contribution in [0.2, 0.25) is 0 Å². The van der Waals surface area contributed by atoms with Gasteiger partial charge in [-0.15, -0.1) is 0 Å². The second-order valence-electron chi connectivity index (χ2n) is 6.26. The number of pyridine rings is 2. The maximum absolute atomic E-state index is 13.4. The third kappa shape index (κ3) is 2.77. The lowest BCUT2D eigenvalue weighted by Gasteiger charge is -2.18. The van der Waals surface area contributed by atoms with E-state index in [-0.39, 0.29) is 5.65 Å². The Morgan fingerprint density at radius 3 is 2.57 bits per heavy atom. The van der Waals surface area contributed by atoms with Gasteiger partial charge in [0, 0.05) is 12.4 Å². The molecule has 136 valence electrons. The molecule has 0 N–H and O–H groups in total. The van der Waals surface area contributed by atoms with Gasteiger partial charge in [0.1, 0.15) is 0 Å². The van der Waals surface area contributed by atoms with E-state index >= 15 is 0 Å². The van der Waals surface area contributed by atoms with Gasteiger partial charge in [-0.05, 0) is 49.4 Å². The fraction of sp³-hybridized carbons (Fsp3) is 0.0952. The molecule has 7 heteroatoms. The highest BCUT2D eigenvalue weighted by atomic mass is 16.2. The van der Waals surface area contributed by atoms with Gasteiger partial charge in [0.25, 0.3) is 5.56 Å². The Bertz CT molecular complexity index is 1330. The Labute approximate surface area is 159 Å². The molecule has 1 aromatic carbocycles. The molecule has 1 unspecified atom stereocenters. The van der Waals surface area contributed by atoms with Crippen molar-refractivity contribution in [3.05, 3.63) is 99.1 Å². The fourth-order valence-electron chi connectivity index (χ4n) is 3.20. The molecule has 0 aliphatic rings. The molecule has 0 aliphatic carbocycles. The summed E-state index contributed by atoms with van der Waals surface area (Å²) in [4.78, 5) is 35.0. The smallest absolute Gasteiger partial charge is 0.268 e. The van der Waals surface area contributed by atoms with Crippen molar-refractivity contribution in [2.24, 2.45) is 0 Å². The second kappa shape index (κ2) is 6.93. The van der Waals surface area contributed by atoms with Gasteiger partial charge in [0.2, 0.25) is 0 Å². The van der Waals surface area contributed by atoms with Gasteiger partial charge in [-0.3, -0.25) is 14.3 Å². The van der Waals surface area contributed by atoms with Gasteiger partial charge in [-0.2, -0.15) is 5.26 Å². The van der Waals surface area contributed by atoms with Crippen LogP contribution in [0.4, 0.5) is 0 Å². The molecule has 0 spiro atoms. The summed E-state index contributed by atoms with van der Waals surface area (Å²) in [5.41, 5.74) is 0.751. The van der Waals surface area contributed by atoms with Crippen LogP contribution in [-0.4, -0.2) is 19.1 Å². The van der Waals surface area contributed by atoms with Crippen LogP contribution in [0.3, 0.4) is 0 Å². The molecule has 0 saturated heterocycles. The number of hydrogen-bond acceptors (Lipinski definition) is 5. The summed E-state index contributed by atoms with van der Waals surface area (Å²) in [6.45, 7) is 1.75. The first-order chi connectivity index (χ1) is 13.6. The summed E-state index contributed by atoms with van der Waals surface area (Å²) in [5, 5.41) is 9.52. The van der Waals surface area contributed by atoms with Crippen molar-refractivity contribution in [1.29, 1.82) is 5.26 Å². The first-order valence-corrected chi connectivity index (χ1v) is 8.65. The van der Waals surface area contributed by atoms with Crippen molar-refractivity contribution in [2.75, 3.05) is 0 Å². The molecule has 3 heterocycles. The summed E-state index contributed by atoms with van der Waals surface area (Å²) in [6, 6.07) is 16.8. The van der Waals surface area contributed by atoms with Gasteiger partial charge in [-0.1, -0.05) is 12.1 Å². The summed E-state index contributed by atoms with van der Waals surface area (Å²) < 4.78 is 2.53. The highest BCUT2D eigenvalue weighted by molar-refractivity contribution is 5.75. The monoisotopic (exact) mass is 369 g/mol. The van der Waals surface area contributed by atoms with Gasteiger partial charge < -0.3 is 0 Å². The number of fused-ring (bicyclic) bond motifs is 1. The lowest BCUT2D eigenvalue weighted by atomic mass is 10.2. The van der Waals surface area contributed by atoms with Crippen LogP contribution in [0, 0.1) is 11.3 Å². The first kappa shape index (κ1) is 17.4. The lowest BCUT2D eigenvalue weighted by molar-refractivity contribution is 0.558. The van der Waals surface area contributed by atoms with E-state index in [1.54, 1.807) is 67.7 Å². The summed E-state index contributed by atoms with van der Waals surface area (Å²) >= 11 is 0. The number of rotatable bonds is 3. The molecular weight excluding hydrogens is 354 g/mol. The fourth-order valence-corrected chi connectivity index (χ4v) is 3.20. The quantitative estimate of drug-likeness (QED) is 0.553. The van der Waals surface area contributed by atoms with E-state index in [0.29, 0.717) is 22.3 Å². The van der Waals surface area contributed by atoms with Crippen LogP contribution < -0.4 is 11.2 Å². The number of nitriles is 1. The Hall–Kier alpha value is -4.05. The molecule has 4 aromatic rings. The molecular formula is C21H15N5O2. The standard InChI is InChI=1S/C21H15N5O2/c1-14(18-9-2-3-10-23-18)25-20(27)17-8-5-11-24-19(17)26(21(25)28)16-7-4-6-15(12-16)13-22/h2-12,14H,1H3. The molecule has 0 saturated carbocycles. The van der Waals surface area contributed by atoms with E-state index in [2.05, 4.69) is 16.0 Å².